The molecule has 2 aromatic rings. The van der Waals surface area contributed by atoms with Crippen LogP contribution in [0, 0.1) is 6.92 Å². The van der Waals surface area contributed by atoms with Crippen LogP contribution in [0.3, 0.4) is 0 Å². The van der Waals surface area contributed by atoms with Crippen LogP contribution >= 0.6 is 27.7 Å². The number of imide groups is 1. The molecule has 0 N–H and O–H groups in total. The molecule has 2 aromatic carbocycles. The maximum Gasteiger partial charge on any atom is 0.293 e. The average Bonchev–Trinajstić information content (AvgIpc) is 3.01. The van der Waals surface area contributed by atoms with Crippen molar-refractivity contribution < 1.29 is 23.8 Å². The second kappa shape index (κ2) is 11.1. The van der Waals surface area contributed by atoms with Crippen LogP contribution in [0.5, 0.6) is 17.2 Å². The molecule has 0 atom stereocenters. The molecule has 1 heterocycles. The summed E-state index contributed by atoms with van der Waals surface area (Å²) in [6.07, 6.45) is 1.69. The first-order chi connectivity index (χ1) is 15.7. The summed E-state index contributed by atoms with van der Waals surface area (Å²) in [5.41, 5.74) is 2.93. The summed E-state index contributed by atoms with van der Waals surface area (Å²) in [6, 6.07) is 9.71. The number of thioether (sulfide) groups is 1. The van der Waals surface area contributed by atoms with Gasteiger partial charge in [-0.2, -0.15) is 0 Å². The van der Waals surface area contributed by atoms with Gasteiger partial charge in [-0.05, 0) is 88.4 Å². The molecule has 1 aliphatic heterocycles. The number of carbonyl (C=O) groups excluding carboxylic acids is 2. The van der Waals surface area contributed by atoms with Gasteiger partial charge in [0.25, 0.3) is 11.1 Å². The predicted octanol–water partition coefficient (Wildman–Crippen LogP) is 6.40. The molecular weight excluding hydrogens is 506 g/mol. The zero-order valence-electron chi connectivity index (χ0n) is 19.4. The lowest BCUT2D eigenvalue weighted by Crippen LogP contribution is -2.32. The molecule has 0 saturated carbocycles. The number of amides is 2. The molecule has 0 unspecified atom stereocenters. The minimum Gasteiger partial charge on any atom is -0.492 e. The monoisotopic (exact) mass is 533 g/mol. The Labute approximate surface area is 207 Å². The highest BCUT2D eigenvalue weighted by atomic mass is 79.9. The number of methoxy groups -OCH3 is 1. The average molecular weight is 534 g/mol. The Bertz CT molecular complexity index is 1080. The third kappa shape index (κ3) is 5.92. The van der Waals surface area contributed by atoms with Crippen molar-refractivity contribution in [3.63, 3.8) is 0 Å². The summed E-state index contributed by atoms with van der Waals surface area (Å²) in [4.78, 5) is 27.0. The first kappa shape index (κ1) is 25.2. The quantitative estimate of drug-likeness (QED) is 0.347. The molecule has 176 valence electrons. The zero-order valence-corrected chi connectivity index (χ0v) is 21.8. The maximum absolute atomic E-state index is 12.9. The highest BCUT2D eigenvalue weighted by molar-refractivity contribution is 9.10. The number of ether oxygens (including phenoxy) is 3. The predicted molar refractivity (Wildman–Crippen MR) is 135 cm³/mol. The van der Waals surface area contributed by atoms with E-state index in [1.54, 1.807) is 19.3 Å². The van der Waals surface area contributed by atoms with E-state index < -0.39 is 0 Å². The van der Waals surface area contributed by atoms with Crippen LogP contribution < -0.4 is 14.2 Å². The molecule has 6 nitrogen and oxygen atoms in total. The summed E-state index contributed by atoms with van der Waals surface area (Å²) >= 11 is 4.40. The molecule has 1 saturated heterocycles. The SMILES string of the molecule is CCOc1cc(/C=C2\SC(=O)N(CCOc3cc(C)ccc3C(C)C)C2=O)cc(Br)c1OC. The number of benzene rings is 2. The standard InChI is InChI=1S/C25H28BrNO5S/c1-6-31-21-13-17(12-19(26)23(21)30-5)14-22-24(28)27(25(29)33-22)9-10-32-20-11-16(4)7-8-18(20)15(2)3/h7-8,11-15H,6,9-10H2,1-5H3/b22-14-. The fourth-order valence-corrected chi connectivity index (χ4v) is 4.95. The maximum atomic E-state index is 12.9. The highest BCUT2D eigenvalue weighted by Gasteiger charge is 2.35. The lowest BCUT2D eigenvalue weighted by atomic mass is 10.0. The van der Waals surface area contributed by atoms with E-state index in [4.69, 9.17) is 14.2 Å². The van der Waals surface area contributed by atoms with Gasteiger partial charge in [-0.1, -0.05) is 26.0 Å². The first-order valence-corrected chi connectivity index (χ1v) is 12.3. The number of hydrogen-bond donors (Lipinski definition) is 0. The number of hydrogen-bond acceptors (Lipinski definition) is 6. The molecule has 0 aliphatic carbocycles. The van der Waals surface area contributed by atoms with Crippen molar-refractivity contribution >= 4 is 44.9 Å². The Hall–Kier alpha value is -2.45. The molecule has 2 amide bonds. The Balaban J connectivity index is 1.73. The Kier molecular flexibility index (Phi) is 8.48. The first-order valence-electron chi connectivity index (χ1n) is 10.7. The molecule has 0 bridgehead atoms. The van der Waals surface area contributed by atoms with Crippen molar-refractivity contribution in [2.24, 2.45) is 0 Å². The van der Waals surface area contributed by atoms with E-state index in [0.29, 0.717) is 33.4 Å². The smallest absolute Gasteiger partial charge is 0.293 e. The van der Waals surface area contributed by atoms with Gasteiger partial charge >= 0.3 is 0 Å². The number of rotatable bonds is 9. The third-order valence-corrected chi connectivity index (χ3v) is 6.57. The van der Waals surface area contributed by atoms with Gasteiger partial charge in [0.15, 0.2) is 11.5 Å². The molecule has 1 aliphatic rings. The fourth-order valence-electron chi connectivity index (χ4n) is 3.47. The van der Waals surface area contributed by atoms with Crippen LogP contribution in [-0.4, -0.2) is 42.9 Å². The van der Waals surface area contributed by atoms with E-state index in [1.807, 2.05) is 26.0 Å². The van der Waals surface area contributed by atoms with Gasteiger partial charge in [0.1, 0.15) is 12.4 Å². The summed E-state index contributed by atoms with van der Waals surface area (Å²) in [6.45, 7) is 8.99. The van der Waals surface area contributed by atoms with Gasteiger partial charge in [0, 0.05) is 0 Å². The molecule has 0 spiro atoms. The third-order valence-electron chi connectivity index (χ3n) is 5.07. The minimum absolute atomic E-state index is 0.185. The summed E-state index contributed by atoms with van der Waals surface area (Å²) < 4.78 is 17.7. The summed E-state index contributed by atoms with van der Waals surface area (Å²) in [7, 11) is 1.57. The van der Waals surface area contributed by atoms with Crippen molar-refractivity contribution in [1.29, 1.82) is 0 Å². The van der Waals surface area contributed by atoms with Crippen molar-refractivity contribution in [1.82, 2.24) is 4.90 Å². The van der Waals surface area contributed by atoms with Gasteiger partial charge in [-0.15, -0.1) is 0 Å². The van der Waals surface area contributed by atoms with E-state index in [0.717, 1.165) is 34.2 Å². The van der Waals surface area contributed by atoms with Gasteiger partial charge in [0.05, 0.1) is 29.6 Å². The Morgan fingerprint density at radius 2 is 1.88 bits per heavy atom. The minimum atomic E-state index is -0.327. The topological polar surface area (TPSA) is 65.1 Å². The van der Waals surface area contributed by atoms with Crippen molar-refractivity contribution in [3.05, 3.63) is 56.4 Å². The molecule has 0 aromatic heterocycles. The number of halogens is 1. The van der Waals surface area contributed by atoms with Gasteiger partial charge < -0.3 is 14.2 Å². The molecule has 0 radical (unpaired) electrons. The number of nitrogens with zero attached hydrogens (tertiary/aromatic N) is 1. The van der Waals surface area contributed by atoms with Crippen LogP contribution in [0.4, 0.5) is 4.79 Å². The summed E-state index contributed by atoms with van der Waals surface area (Å²) in [5.74, 6) is 1.92. The molecule has 1 fully saturated rings. The van der Waals surface area contributed by atoms with Crippen LogP contribution in [-0.2, 0) is 4.79 Å². The van der Waals surface area contributed by atoms with Crippen molar-refractivity contribution in [3.8, 4) is 17.2 Å². The van der Waals surface area contributed by atoms with Crippen molar-refractivity contribution in [2.45, 2.75) is 33.6 Å². The molecule has 33 heavy (non-hydrogen) atoms. The van der Waals surface area contributed by atoms with Gasteiger partial charge in [0.2, 0.25) is 0 Å². The largest absolute Gasteiger partial charge is 0.492 e. The molecule has 8 heteroatoms. The second-order valence-electron chi connectivity index (χ2n) is 7.84. The fraction of sp³-hybridized carbons (Fsp3) is 0.360. The number of carbonyl (C=O) groups is 2. The van der Waals surface area contributed by atoms with E-state index in [9.17, 15) is 9.59 Å². The zero-order chi connectivity index (χ0) is 24.1. The van der Waals surface area contributed by atoms with E-state index in [2.05, 4.69) is 41.9 Å². The lowest BCUT2D eigenvalue weighted by Gasteiger charge is -2.17. The highest BCUT2D eigenvalue weighted by Crippen LogP contribution is 2.39. The lowest BCUT2D eigenvalue weighted by molar-refractivity contribution is -0.123. The van der Waals surface area contributed by atoms with Crippen LogP contribution in [0.15, 0.2) is 39.7 Å². The van der Waals surface area contributed by atoms with Crippen LogP contribution in [0.1, 0.15) is 43.4 Å². The van der Waals surface area contributed by atoms with E-state index in [1.165, 1.54) is 4.90 Å². The van der Waals surface area contributed by atoms with Gasteiger partial charge in [-0.25, -0.2) is 0 Å². The Morgan fingerprint density at radius 3 is 2.55 bits per heavy atom. The van der Waals surface area contributed by atoms with Crippen molar-refractivity contribution in [2.75, 3.05) is 26.9 Å². The Morgan fingerprint density at radius 1 is 1.12 bits per heavy atom. The normalized spacial score (nSPS) is 15.0. The van der Waals surface area contributed by atoms with E-state index in [-0.39, 0.29) is 24.3 Å². The van der Waals surface area contributed by atoms with E-state index >= 15 is 0 Å². The van der Waals surface area contributed by atoms with Gasteiger partial charge in [-0.3, -0.25) is 14.5 Å². The second-order valence-corrected chi connectivity index (χ2v) is 9.69. The van der Waals surface area contributed by atoms with Crippen LogP contribution in [0.2, 0.25) is 0 Å². The number of aryl methyl sites for hydroxylation is 1. The summed E-state index contributed by atoms with van der Waals surface area (Å²) in [5, 5.41) is -0.305. The molecule has 3 rings (SSSR count). The van der Waals surface area contributed by atoms with Crippen LogP contribution in [0.25, 0.3) is 6.08 Å². The molecular formula is C25H28BrNO5S.